The first kappa shape index (κ1) is 9.79. The van der Waals surface area contributed by atoms with Gasteiger partial charge in [-0.2, -0.15) is 0 Å². The van der Waals surface area contributed by atoms with Gasteiger partial charge in [0.05, 0.1) is 13.2 Å². The standard InChI is InChI=1S/C12H18O3/c1-10(2)8-4-5-11(10,3)9(13)12(8)14-6-7-15-12/h8H,4-7H2,1-3H3/t8-,11+/m1/s1. The van der Waals surface area contributed by atoms with E-state index >= 15 is 0 Å². The fourth-order valence-corrected chi connectivity index (χ4v) is 3.88. The fraction of sp³-hybridized carbons (Fsp3) is 0.917. The largest absolute Gasteiger partial charge is 0.341 e. The highest BCUT2D eigenvalue weighted by atomic mass is 16.7. The van der Waals surface area contributed by atoms with E-state index < -0.39 is 5.79 Å². The molecular formula is C12H18O3. The van der Waals surface area contributed by atoms with Gasteiger partial charge >= 0.3 is 0 Å². The lowest BCUT2D eigenvalue weighted by molar-refractivity contribution is -0.199. The predicted octanol–water partition coefficient (Wildman–Crippen LogP) is 1.75. The number of hydrogen-bond donors (Lipinski definition) is 0. The Kier molecular flexibility index (Phi) is 1.61. The van der Waals surface area contributed by atoms with Crippen molar-refractivity contribution in [3.8, 4) is 0 Å². The van der Waals surface area contributed by atoms with Crippen LogP contribution in [0.2, 0.25) is 0 Å². The van der Waals surface area contributed by atoms with Gasteiger partial charge in [-0.3, -0.25) is 4.79 Å². The lowest BCUT2D eigenvalue weighted by Gasteiger charge is -2.32. The van der Waals surface area contributed by atoms with Crippen molar-refractivity contribution < 1.29 is 14.3 Å². The molecule has 3 nitrogen and oxygen atoms in total. The maximum atomic E-state index is 12.5. The van der Waals surface area contributed by atoms with E-state index in [0.29, 0.717) is 13.2 Å². The van der Waals surface area contributed by atoms with Gasteiger partial charge in [0, 0.05) is 11.3 Å². The van der Waals surface area contributed by atoms with Crippen LogP contribution in [0, 0.1) is 16.7 Å². The molecule has 1 aliphatic heterocycles. The molecule has 3 aliphatic rings. The average Bonchev–Trinajstić information content (AvgIpc) is 2.74. The zero-order chi connectivity index (χ0) is 10.9. The van der Waals surface area contributed by atoms with Crippen molar-refractivity contribution in [2.75, 3.05) is 13.2 Å². The lowest BCUT2D eigenvalue weighted by atomic mass is 9.70. The zero-order valence-electron chi connectivity index (χ0n) is 9.63. The Bertz CT molecular complexity index is 328. The van der Waals surface area contributed by atoms with Crippen molar-refractivity contribution in [2.45, 2.75) is 39.4 Å². The molecule has 0 radical (unpaired) electrons. The van der Waals surface area contributed by atoms with E-state index in [0.717, 1.165) is 12.8 Å². The van der Waals surface area contributed by atoms with E-state index in [1.165, 1.54) is 0 Å². The second-order valence-corrected chi connectivity index (χ2v) is 5.84. The third kappa shape index (κ3) is 0.806. The Morgan fingerprint density at radius 2 is 1.80 bits per heavy atom. The minimum atomic E-state index is -0.878. The Morgan fingerprint density at radius 3 is 2.27 bits per heavy atom. The SMILES string of the molecule is CC1(C)[C@H]2CC[C@@]1(C)C(=O)C21OCCO1. The molecule has 2 bridgehead atoms. The van der Waals surface area contributed by atoms with E-state index in [1.54, 1.807) is 0 Å². The summed E-state index contributed by atoms with van der Waals surface area (Å²) in [4.78, 5) is 12.5. The quantitative estimate of drug-likeness (QED) is 0.611. The van der Waals surface area contributed by atoms with E-state index in [1.807, 2.05) is 0 Å². The highest BCUT2D eigenvalue weighted by Gasteiger charge is 2.75. The van der Waals surface area contributed by atoms with Crippen LogP contribution >= 0.6 is 0 Å². The second-order valence-electron chi connectivity index (χ2n) is 5.84. The Hall–Kier alpha value is -0.410. The van der Waals surface area contributed by atoms with Crippen molar-refractivity contribution in [1.82, 2.24) is 0 Å². The molecule has 2 saturated carbocycles. The van der Waals surface area contributed by atoms with Crippen LogP contribution in [0.4, 0.5) is 0 Å². The van der Waals surface area contributed by atoms with Gasteiger partial charge in [-0.1, -0.05) is 20.8 Å². The normalized spacial score (nSPS) is 45.5. The van der Waals surface area contributed by atoms with Crippen LogP contribution in [-0.4, -0.2) is 24.8 Å². The van der Waals surface area contributed by atoms with Gasteiger partial charge in [0.25, 0.3) is 0 Å². The average molecular weight is 210 g/mol. The molecule has 15 heavy (non-hydrogen) atoms. The van der Waals surface area contributed by atoms with Crippen LogP contribution < -0.4 is 0 Å². The number of carbonyl (C=O) groups is 1. The summed E-state index contributed by atoms with van der Waals surface area (Å²) in [6.45, 7) is 7.57. The van der Waals surface area contributed by atoms with Gasteiger partial charge in [0.1, 0.15) is 0 Å². The molecule has 2 atom stereocenters. The predicted molar refractivity (Wildman–Crippen MR) is 54.3 cm³/mol. The number of carbonyl (C=O) groups excluding carboxylic acids is 1. The molecule has 0 N–H and O–H groups in total. The zero-order valence-corrected chi connectivity index (χ0v) is 9.63. The Labute approximate surface area is 90.1 Å². The third-order valence-electron chi connectivity index (χ3n) is 5.22. The first-order valence-electron chi connectivity index (χ1n) is 5.78. The number of fused-ring (bicyclic) bond motifs is 3. The fourth-order valence-electron chi connectivity index (χ4n) is 3.88. The van der Waals surface area contributed by atoms with E-state index in [-0.39, 0.29) is 22.5 Å². The molecule has 3 rings (SSSR count). The van der Waals surface area contributed by atoms with Crippen molar-refractivity contribution in [3.05, 3.63) is 0 Å². The Morgan fingerprint density at radius 1 is 1.20 bits per heavy atom. The molecule has 84 valence electrons. The van der Waals surface area contributed by atoms with Gasteiger partial charge in [0.15, 0.2) is 5.78 Å². The van der Waals surface area contributed by atoms with Gasteiger partial charge < -0.3 is 9.47 Å². The van der Waals surface area contributed by atoms with Crippen molar-refractivity contribution in [3.63, 3.8) is 0 Å². The molecule has 1 heterocycles. The van der Waals surface area contributed by atoms with Crippen LogP contribution in [0.5, 0.6) is 0 Å². The van der Waals surface area contributed by atoms with Gasteiger partial charge in [-0.25, -0.2) is 0 Å². The van der Waals surface area contributed by atoms with Crippen molar-refractivity contribution >= 4 is 5.78 Å². The van der Waals surface area contributed by atoms with Crippen LogP contribution in [0.15, 0.2) is 0 Å². The monoisotopic (exact) mass is 210 g/mol. The number of Topliss-reactive ketones (excluding diaryl/α,β-unsaturated/α-hetero) is 1. The van der Waals surface area contributed by atoms with E-state index in [9.17, 15) is 4.79 Å². The van der Waals surface area contributed by atoms with E-state index in [4.69, 9.17) is 9.47 Å². The summed E-state index contributed by atoms with van der Waals surface area (Å²) in [7, 11) is 0. The maximum absolute atomic E-state index is 12.5. The molecule has 0 aromatic carbocycles. The summed E-state index contributed by atoms with van der Waals surface area (Å²) in [6.07, 6.45) is 2.03. The van der Waals surface area contributed by atoms with Gasteiger partial charge in [-0.15, -0.1) is 0 Å². The van der Waals surface area contributed by atoms with Crippen molar-refractivity contribution in [1.29, 1.82) is 0 Å². The molecule has 1 saturated heterocycles. The molecule has 3 heteroatoms. The summed E-state index contributed by atoms with van der Waals surface area (Å²) in [5.74, 6) is -0.449. The molecular weight excluding hydrogens is 192 g/mol. The highest BCUT2D eigenvalue weighted by molar-refractivity contribution is 5.96. The topological polar surface area (TPSA) is 35.5 Å². The molecule has 0 amide bonds. The smallest absolute Gasteiger partial charge is 0.233 e. The third-order valence-corrected chi connectivity index (χ3v) is 5.22. The molecule has 2 aliphatic carbocycles. The number of hydrogen-bond acceptors (Lipinski definition) is 3. The maximum Gasteiger partial charge on any atom is 0.233 e. The van der Waals surface area contributed by atoms with Crippen LogP contribution in [0.1, 0.15) is 33.6 Å². The molecule has 1 spiro atoms. The highest BCUT2D eigenvalue weighted by Crippen LogP contribution is 2.68. The summed E-state index contributed by atoms with van der Waals surface area (Å²) in [5.41, 5.74) is -0.240. The summed E-state index contributed by atoms with van der Waals surface area (Å²) >= 11 is 0. The van der Waals surface area contributed by atoms with Gasteiger partial charge in [0.2, 0.25) is 5.79 Å². The first-order chi connectivity index (χ1) is 6.95. The Balaban J connectivity index is 2.14. The summed E-state index contributed by atoms with van der Waals surface area (Å²) in [5, 5.41) is 0. The second kappa shape index (κ2) is 2.46. The summed E-state index contributed by atoms with van der Waals surface area (Å²) < 4.78 is 11.4. The molecule has 0 aromatic heterocycles. The van der Waals surface area contributed by atoms with Crippen molar-refractivity contribution in [2.24, 2.45) is 16.7 Å². The molecule has 3 fully saturated rings. The lowest BCUT2D eigenvalue weighted by Crippen LogP contribution is -2.47. The van der Waals surface area contributed by atoms with Crippen LogP contribution in [0.3, 0.4) is 0 Å². The number of ketones is 1. The van der Waals surface area contributed by atoms with Crippen LogP contribution in [-0.2, 0) is 14.3 Å². The molecule has 0 aromatic rings. The first-order valence-corrected chi connectivity index (χ1v) is 5.78. The van der Waals surface area contributed by atoms with E-state index in [2.05, 4.69) is 20.8 Å². The summed E-state index contributed by atoms with van der Waals surface area (Å²) in [6, 6.07) is 0. The van der Waals surface area contributed by atoms with Gasteiger partial charge in [-0.05, 0) is 18.3 Å². The minimum absolute atomic E-state index is 0.00836. The molecule has 0 unspecified atom stereocenters. The number of ether oxygens (including phenoxy) is 2. The van der Waals surface area contributed by atoms with Crippen LogP contribution in [0.25, 0.3) is 0 Å². The minimum Gasteiger partial charge on any atom is -0.341 e. The number of rotatable bonds is 0.